The monoisotopic (exact) mass is 303 g/mol. The van der Waals surface area contributed by atoms with Gasteiger partial charge in [0.1, 0.15) is 5.75 Å². The summed E-state index contributed by atoms with van der Waals surface area (Å²) >= 11 is 0. The van der Waals surface area contributed by atoms with Gasteiger partial charge < -0.3 is 14.9 Å². The minimum absolute atomic E-state index is 0.0220. The van der Waals surface area contributed by atoms with Gasteiger partial charge in [-0.05, 0) is 32.8 Å². The van der Waals surface area contributed by atoms with E-state index in [0.29, 0.717) is 25.2 Å². The summed E-state index contributed by atoms with van der Waals surface area (Å²) in [7, 11) is 0. The average molecular weight is 303 g/mol. The van der Waals surface area contributed by atoms with Gasteiger partial charge in [-0.3, -0.25) is 14.6 Å². The highest BCUT2D eigenvalue weighted by Gasteiger charge is 2.42. The Kier molecular flexibility index (Phi) is 3.54. The Morgan fingerprint density at radius 2 is 2.00 bits per heavy atom. The van der Waals surface area contributed by atoms with Crippen LogP contribution >= 0.6 is 0 Å². The first-order valence-corrected chi connectivity index (χ1v) is 7.63. The zero-order valence-corrected chi connectivity index (χ0v) is 13.0. The summed E-state index contributed by atoms with van der Waals surface area (Å²) in [5, 5.41) is 9.49. The third kappa shape index (κ3) is 2.77. The van der Waals surface area contributed by atoms with Crippen molar-refractivity contribution in [3.63, 3.8) is 0 Å². The number of carbonyl (C=O) groups is 2. The molecule has 3 rings (SSSR count). The molecule has 0 atom stereocenters. The maximum atomic E-state index is 12.7. The number of nitrogens with zero attached hydrogens (tertiary/aromatic N) is 3. The van der Waals surface area contributed by atoms with Crippen LogP contribution in [0.5, 0.6) is 5.75 Å². The van der Waals surface area contributed by atoms with Crippen LogP contribution in [0.4, 0.5) is 0 Å². The highest BCUT2D eigenvalue weighted by molar-refractivity contribution is 5.95. The van der Waals surface area contributed by atoms with Crippen LogP contribution in [0.25, 0.3) is 0 Å². The van der Waals surface area contributed by atoms with E-state index < -0.39 is 5.54 Å². The second-order valence-corrected chi connectivity index (χ2v) is 6.74. The number of aromatic hydroxyl groups is 1. The molecular formula is C16H21N3O3. The Morgan fingerprint density at radius 3 is 2.59 bits per heavy atom. The second kappa shape index (κ2) is 5.26. The first-order chi connectivity index (χ1) is 10.4. The quantitative estimate of drug-likeness (QED) is 0.892. The molecule has 6 heteroatoms. The van der Waals surface area contributed by atoms with Crippen LogP contribution in [0.15, 0.2) is 18.5 Å². The molecule has 2 fully saturated rings. The minimum Gasteiger partial charge on any atom is -0.506 e. The Hall–Kier alpha value is -2.11. The lowest BCUT2D eigenvalue weighted by molar-refractivity contribution is -0.136. The molecule has 1 N–H and O–H groups in total. The Balaban J connectivity index is 1.75. The maximum Gasteiger partial charge on any atom is 0.256 e. The lowest BCUT2D eigenvalue weighted by atomic mass is 9.97. The van der Waals surface area contributed by atoms with E-state index in [1.54, 1.807) is 4.90 Å². The number of rotatable bonds is 2. The van der Waals surface area contributed by atoms with E-state index in [1.165, 1.54) is 18.5 Å². The molecule has 118 valence electrons. The van der Waals surface area contributed by atoms with Crippen LogP contribution in [0, 0.1) is 5.92 Å². The Bertz CT molecular complexity index is 610. The zero-order valence-electron chi connectivity index (χ0n) is 13.0. The van der Waals surface area contributed by atoms with Crippen LogP contribution in [0.3, 0.4) is 0 Å². The van der Waals surface area contributed by atoms with Gasteiger partial charge in [-0.25, -0.2) is 0 Å². The van der Waals surface area contributed by atoms with E-state index >= 15 is 0 Å². The molecule has 1 saturated heterocycles. The number of hydrogen-bond acceptors (Lipinski definition) is 4. The van der Waals surface area contributed by atoms with Crippen molar-refractivity contribution in [2.75, 3.05) is 19.6 Å². The molecule has 0 bridgehead atoms. The van der Waals surface area contributed by atoms with Gasteiger partial charge in [0.15, 0.2) is 0 Å². The van der Waals surface area contributed by atoms with E-state index in [-0.39, 0.29) is 23.5 Å². The summed E-state index contributed by atoms with van der Waals surface area (Å²) in [6.07, 6.45) is 4.74. The molecule has 2 aliphatic rings. The average Bonchev–Trinajstić information content (AvgIpc) is 3.29. The summed E-state index contributed by atoms with van der Waals surface area (Å²) in [6.45, 7) is 5.54. The van der Waals surface area contributed by atoms with E-state index in [1.807, 2.05) is 18.7 Å². The number of pyridine rings is 1. The van der Waals surface area contributed by atoms with Crippen molar-refractivity contribution in [3.05, 3.63) is 24.0 Å². The van der Waals surface area contributed by atoms with Crippen molar-refractivity contribution in [3.8, 4) is 5.75 Å². The molecule has 1 saturated carbocycles. The van der Waals surface area contributed by atoms with E-state index in [9.17, 15) is 14.7 Å². The van der Waals surface area contributed by atoms with Gasteiger partial charge in [0.05, 0.1) is 17.3 Å². The number of amides is 2. The topological polar surface area (TPSA) is 73.7 Å². The SMILES string of the molecule is CC1(C)CN(C(=O)C2CC2)CCN1C(=O)c1cncc(O)c1. The lowest BCUT2D eigenvalue weighted by Crippen LogP contribution is -2.62. The number of carbonyl (C=O) groups excluding carboxylic acids is 2. The van der Waals surface area contributed by atoms with Crippen molar-refractivity contribution < 1.29 is 14.7 Å². The largest absolute Gasteiger partial charge is 0.506 e. The summed E-state index contributed by atoms with van der Waals surface area (Å²) in [5.74, 6) is 0.241. The molecule has 1 aliphatic carbocycles. The summed E-state index contributed by atoms with van der Waals surface area (Å²) < 4.78 is 0. The fourth-order valence-electron chi connectivity index (χ4n) is 3.01. The standard InChI is InChI=1S/C16H21N3O3/c1-16(2)10-18(14(21)11-3-4-11)5-6-19(16)15(22)12-7-13(20)9-17-8-12/h7-9,11,20H,3-6,10H2,1-2H3. The van der Waals surface area contributed by atoms with Gasteiger partial charge >= 0.3 is 0 Å². The number of piperazine rings is 1. The Labute approximate surface area is 129 Å². The van der Waals surface area contributed by atoms with Crippen molar-refractivity contribution in [2.24, 2.45) is 5.92 Å². The molecule has 0 spiro atoms. The molecule has 1 aliphatic heterocycles. The molecule has 2 heterocycles. The minimum atomic E-state index is -0.439. The normalized spacial score (nSPS) is 20.8. The van der Waals surface area contributed by atoms with E-state index in [4.69, 9.17) is 0 Å². The van der Waals surface area contributed by atoms with Crippen LogP contribution < -0.4 is 0 Å². The lowest BCUT2D eigenvalue weighted by Gasteiger charge is -2.47. The fraction of sp³-hybridized carbons (Fsp3) is 0.562. The van der Waals surface area contributed by atoms with Gasteiger partial charge in [0, 0.05) is 31.7 Å². The molecule has 22 heavy (non-hydrogen) atoms. The van der Waals surface area contributed by atoms with Gasteiger partial charge in [-0.2, -0.15) is 0 Å². The van der Waals surface area contributed by atoms with Crippen LogP contribution in [-0.4, -0.2) is 56.9 Å². The highest BCUT2D eigenvalue weighted by Crippen LogP contribution is 2.33. The molecule has 0 aromatic carbocycles. The predicted molar refractivity (Wildman–Crippen MR) is 80.3 cm³/mol. The molecule has 1 aromatic rings. The second-order valence-electron chi connectivity index (χ2n) is 6.74. The number of aromatic nitrogens is 1. The van der Waals surface area contributed by atoms with E-state index in [2.05, 4.69) is 4.98 Å². The van der Waals surface area contributed by atoms with Crippen LogP contribution in [0.2, 0.25) is 0 Å². The van der Waals surface area contributed by atoms with Crippen LogP contribution in [-0.2, 0) is 4.79 Å². The maximum absolute atomic E-state index is 12.7. The zero-order chi connectivity index (χ0) is 15.9. The Morgan fingerprint density at radius 1 is 1.27 bits per heavy atom. The summed E-state index contributed by atoms with van der Waals surface area (Å²) in [4.78, 5) is 32.4. The summed E-state index contributed by atoms with van der Waals surface area (Å²) in [6, 6.07) is 1.42. The molecule has 0 radical (unpaired) electrons. The first kappa shape index (κ1) is 14.8. The predicted octanol–water partition coefficient (Wildman–Crippen LogP) is 1.26. The highest BCUT2D eigenvalue weighted by atomic mass is 16.3. The molecule has 0 unspecified atom stereocenters. The molecule has 6 nitrogen and oxygen atoms in total. The first-order valence-electron chi connectivity index (χ1n) is 7.63. The van der Waals surface area contributed by atoms with Gasteiger partial charge in [0.25, 0.3) is 5.91 Å². The van der Waals surface area contributed by atoms with Gasteiger partial charge in [-0.15, -0.1) is 0 Å². The molecule has 2 amide bonds. The smallest absolute Gasteiger partial charge is 0.256 e. The van der Waals surface area contributed by atoms with Crippen molar-refractivity contribution in [1.29, 1.82) is 0 Å². The van der Waals surface area contributed by atoms with Gasteiger partial charge in [0.2, 0.25) is 5.91 Å². The molecular weight excluding hydrogens is 282 g/mol. The van der Waals surface area contributed by atoms with Crippen molar-refractivity contribution in [1.82, 2.24) is 14.8 Å². The van der Waals surface area contributed by atoms with E-state index in [0.717, 1.165) is 12.8 Å². The third-order valence-corrected chi connectivity index (χ3v) is 4.36. The van der Waals surface area contributed by atoms with Crippen molar-refractivity contribution in [2.45, 2.75) is 32.2 Å². The van der Waals surface area contributed by atoms with Gasteiger partial charge in [-0.1, -0.05) is 0 Å². The summed E-state index contributed by atoms with van der Waals surface area (Å²) in [5.41, 5.74) is -0.0687. The fourth-order valence-corrected chi connectivity index (χ4v) is 3.01. The molecule has 1 aromatic heterocycles. The van der Waals surface area contributed by atoms with Crippen molar-refractivity contribution >= 4 is 11.8 Å². The third-order valence-electron chi connectivity index (χ3n) is 4.36. The number of hydrogen-bond donors (Lipinski definition) is 1. The van der Waals surface area contributed by atoms with Crippen LogP contribution in [0.1, 0.15) is 37.0 Å².